The van der Waals surface area contributed by atoms with Gasteiger partial charge in [-0.25, -0.2) is 0 Å². The number of nitriles is 1. The van der Waals surface area contributed by atoms with Gasteiger partial charge in [0, 0.05) is 17.6 Å². The first kappa shape index (κ1) is 16.5. The van der Waals surface area contributed by atoms with Gasteiger partial charge in [0.05, 0.1) is 29.9 Å². The van der Waals surface area contributed by atoms with Crippen LogP contribution in [0, 0.1) is 11.3 Å². The van der Waals surface area contributed by atoms with E-state index < -0.39 is 0 Å². The first-order valence-corrected chi connectivity index (χ1v) is 8.21. The van der Waals surface area contributed by atoms with Crippen molar-refractivity contribution in [3.8, 4) is 6.07 Å². The molecule has 1 atom stereocenters. The van der Waals surface area contributed by atoms with E-state index in [2.05, 4.69) is 6.07 Å². The molecule has 24 heavy (non-hydrogen) atoms. The molecule has 0 N–H and O–H groups in total. The lowest BCUT2D eigenvalue weighted by atomic mass is 9.91. The Bertz CT molecular complexity index is 843. The predicted octanol–water partition coefficient (Wildman–Crippen LogP) is 3.87. The molecule has 3 rings (SSSR count). The third kappa shape index (κ3) is 2.76. The van der Waals surface area contributed by atoms with Crippen molar-refractivity contribution >= 4 is 16.7 Å². The van der Waals surface area contributed by atoms with E-state index in [1.165, 1.54) is 0 Å². The number of ether oxygens (including phenoxy) is 1. The maximum atomic E-state index is 13.4. The summed E-state index contributed by atoms with van der Waals surface area (Å²) in [6.07, 6.45) is -0.0839. The zero-order valence-corrected chi connectivity index (χ0v) is 14.6. The van der Waals surface area contributed by atoms with Crippen molar-refractivity contribution in [1.82, 2.24) is 4.90 Å². The van der Waals surface area contributed by atoms with Crippen molar-refractivity contribution in [2.24, 2.45) is 0 Å². The number of hydrogen-bond donors (Lipinski definition) is 0. The Morgan fingerprint density at radius 1 is 1.29 bits per heavy atom. The summed E-state index contributed by atoms with van der Waals surface area (Å²) in [5.41, 5.74) is 1.49. The lowest BCUT2D eigenvalue weighted by Gasteiger charge is -2.39. The predicted molar refractivity (Wildman–Crippen MR) is 93.7 cm³/mol. The number of fused-ring (bicyclic) bond motifs is 3. The van der Waals surface area contributed by atoms with Gasteiger partial charge in [0.1, 0.15) is 0 Å². The van der Waals surface area contributed by atoms with Crippen LogP contribution in [0.3, 0.4) is 0 Å². The zero-order chi connectivity index (χ0) is 17.5. The van der Waals surface area contributed by atoms with Crippen LogP contribution in [-0.2, 0) is 11.3 Å². The highest BCUT2D eigenvalue weighted by Gasteiger charge is 2.33. The highest BCUT2D eigenvalue weighted by atomic mass is 16.5. The third-order valence-corrected chi connectivity index (χ3v) is 4.50. The summed E-state index contributed by atoms with van der Waals surface area (Å²) >= 11 is 0. The minimum absolute atomic E-state index is 0.0269. The molecule has 0 aliphatic carbocycles. The lowest BCUT2D eigenvalue weighted by molar-refractivity contribution is 0.000308. The molecule has 0 spiro atoms. The van der Waals surface area contributed by atoms with Gasteiger partial charge in [0.15, 0.2) is 0 Å². The second-order valence-electron chi connectivity index (χ2n) is 7.32. The van der Waals surface area contributed by atoms with Crippen molar-refractivity contribution in [1.29, 1.82) is 5.26 Å². The van der Waals surface area contributed by atoms with Crippen LogP contribution in [0.15, 0.2) is 30.3 Å². The van der Waals surface area contributed by atoms with E-state index in [9.17, 15) is 10.1 Å². The van der Waals surface area contributed by atoms with E-state index >= 15 is 0 Å². The van der Waals surface area contributed by atoms with Crippen LogP contribution in [0.1, 0.15) is 49.2 Å². The molecule has 0 unspecified atom stereocenters. The maximum Gasteiger partial charge on any atom is 0.255 e. The summed E-state index contributed by atoms with van der Waals surface area (Å²) in [5, 5.41) is 11.3. The maximum absolute atomic E-state index is 13.4. The molecule has 1 amide bonds. The van der Waals surface area contributed by atoms with Crippen molar-refractivity contribution in [3.05, 3.63) is 47.0 Å². The molecular formula is C20H22N2O2. The molecule has 0 saturated carbocycles. The Hall–Kier alpha value is -2.38. The van der Waals surface area contributed by atoms with Crippen LogP contribution in [0.4, 0.5) is 0 Å². The van der Waals surface area contributed by atoms with E-state index in [1.807, 2.05) is 62.9 Å². The summed E-state index contributed by atoms with van der Waals surface area (Å²) in [6.45, 7) is 8.85. The molecule has 4 heteroatoms. The quantitative estimate of drug-likeness (QED) is 0.740. The van der Waals surface area contributed by atoms with E-state index in [0.717, 1.165) is 10.8 Å². The van der Waals surface area contributed by atoms with Gasteiger partial charge >= 0.3 is 0 Å². The average molecular weight is 322 g/mol. The van der Waals surface area contributed by atoms with Gasteiger partial charge in [0.2, 0.25) is 0 Å². The second kappa shape index (κ2) is 5.92. The van der Waals surface area contributed by atoms with E-state index in [4.69, 9.17) is 4.74 Å². The van der Waals surface area contributed by atoms with Crippen LogP contribution < -0.4 is 0 Å². The molecule has 0 radical (unpaired) electrons. The van der Waals surface area contributed by atoms with Gasteiger partial charge in [-0.3, -0.25) is 4.79 Å². The molecular weight excluding hydrogens is 300 g/mol. The molecule has 1 aliphatic rings. The average Bonchev–Trinajstić information content (AvgIpc) is 2.53. The summed E-state index contributed by atoms with van der Waals surface area (Å²) in [4.78, 5) is 15.3. The molecule has 2 aromatic carbocycles. The molecule has 4 nitrogen and oxygen atoms in total. The molecule has 1 heterocycles. The number of amides is 1. The third-order valence-electron chi connectivity index (χ3n) is 4.50. The minimum Gasteiger partial charge on any atom is -0.372 e. The van der Waals surface area contributed by atoms with Crippen LogP contribution >= 0.6 is 0 Å². The first-order chi connectivity index (χ1) is 11.3. The van der Waals surface area contributed by atoms with Crippen LogP contribution in [-0.4, -0.2) is 29.0 Å². The largest absolute Gasteiger partial charge is 0.372 e. The van der Waals surface area contributed by atoms with E-state index in [1.54, 1.807) is 0 Å². The number of carbonyl (C=O) groups is 1. The Kier molecular flexibility index (Phi) is 4.06. The fraction of sp³-hybridized carbons (Fsp3) is 0.400. The zero-order valence-electron chi connectivity index (χ0n) is 14.6. The van der Waals surface area contributed by atoms with Gasteiger partial charge in [-0.2, -0.15) is 5.26 Å². The Labute approximate surface area is 142 Å². The second-order valence-corrected chi connectivity index (χ2v) is 7.32. The molecule has 0 aromatic heterocycles. The van der Waals surface area contributed by atoms with E-state index in [-0.39, 0.29) is 24.2 Å². The van der Waals surface area contributed by atoms with Crippen molar-refractivity contribution in [2.75, 3.05) is 6.54 Å². The van der Waals surface area contributed by atoms with Gasteiger partial charge in [0.25, 0.3) is 5.91 Å². The Morgan fingerprint density at radius 2 is 2.00 bits per heavy atom. The standard InChI is InChI=1S/C20H22N2O2/c1-13-11-22(20(2,3)4)19(23)18-16-8-6-5-7-14(16)9-15(10-21)17(18)12-24-13/h5-9,13H,11-12H2,1-4H3/t13-/m0/s1. The van der Waals surface area contributed by atoms with Crippen molar-refractivity contribution in [3.63, 3.8) is 0 Å². The first-order valence-electron chi connectivity index (χ1n) is 8.21. The summed E-state index contributed by atoms with van der Waals surface area (Å²) in [7, 11) is 0. The highest BCUT2D eigenvalue weighted by molar-refractivity contribution is 6.09. The molecule has 0 saturated heterocycles. The van der Waals surface area contributed by atoms with Crippen molar-refractivity contribution in [2.45, 2.75) is 45.9 Å². The van der Waals surface area contributed by atoms with Gasteiger partial charge < -0.3 is 9.64 Å². The number of nitrogens with zero attached hydrogens (tertiary/aromatic N) is 2. The van der Waals surface area contributed by atoms with Crippen LogP contribution in [0.2, 0.25) is 0 Å². The van der Waals surface area contributed by atoms with Gasteiger partial charge in [-0.05, 0) is 44.5 Å². The molecule has 1 aliphatic heterocycles. The number of rotatable bonds is 0. The van der Waals surface area contributed by atoms with Gasteiger partial charge in [-0.15, -0.1) is 0 Å². The number of hydrogen-bond acceptors (Lipinski definition) is 3. The fourth-order valence-electron chi connectivity index (χ4n) is 3.22. The summed E-state index contributed by atoms with van der Waals surface area (Å²) in [6, 6.07) is 11.8. The molecule has 2 aromatic rings. The Morgan fingerprint density at radius 3 is 2.67 bits per heavy atom. The summed E-state index contributed by atoms with van der Waals surface area (Å²) < 4.78 is 5.93. The smallest absolute Gasteiger partial charge is 0.255 e. The lowest BCUT2D eigenvalue weighted by Crippen LogP contribution is -2.50. The Balaban J connectivity index is 2.33. The molecule has 0 fully saturated rings. The van der Waals surface area contributed by atoms with Crippen molar-refractivity contribution < 1.29 is 9.53 Å². The normalized spacial score (nSPS) is 18.7. The monoisotopic (exact) mass is 322 g/mol. The SMILES string of the molecule is C[C@H]1CN(C(C)(C)C)C(=O)c2c(c(C#N)cc3ccccc23)CO1. The van der Waals surface area contributed by atoms with E-state index in [0.29, 0.717) is 23.2 Å². The van der Waals surface area contributed by atoms with Crippen LogP contribution in [0.5, 0.6) is 0 Å². The molecule has 0 bridgehead atoms. The number of carbonyl (C=O) groups excluding carboxylic acids is 1. The fourth-order valence-corrected chi connectivity index (χ4v) is 3.22. The number of benzene rings is 2. The minimum atomic E-state index is -0.326. The molecule has 124 valence electrons. The summed E-state index contributed by atoms with van der Waals surface area (Å²) in [5.74, 6) is -0.0269. The van der Waals surface area contributed by atoms with Crippen LogP contribution in [0.25, 0.3) is 10.8 Å². The topological polar surface area (TPSA) is 53.3 Å². The highest BCUT2D eigenvalue weighted by Crippen LogP contribution is 2.31. The van der Waals surface area contributed by atoms with Gasteiger partial charge in [-0.1, -0.05) is 24.3 Å².